The van der Waals surface area contributed by atoms with Crippen molar-refractivity contribution in [1.29, 1.82) is 0 Å². The summed E-state index contributed by atoms with van der Waals surface area (Å²) in [6, 6.07) is 31.3. The largest absolute Gasteiger partial charge is 0.461 e. The van der Waals surface area contributed by atoms with Crippen LogP contribution in [-0.4, -0.2) is 44.0 Å². The zero-order valence-electron chi connectivity index (χ0n) is 29.5. The van der Waals surface area contributed by atoms with Gasteiger partial charge in [-0.3, -0.25) is 9.59 Å². The van der Waals surface area contributed by atoms with E-state index in [2.05, 4.69) is 10.2 Å². The molecule has 12 heteroatoms. The number of esters is 1. The number of anilines is 1. The Balaban J connectivity index is 1.35. The van der Waals surface area contributed by atoms with Crippen molar-refractivity contribution in [3.63, 3.8) is 0 Å². The van der Waals surface area contributed by atoms with Gasteiger partial charge < -0.3 is 29.7 Å². The van der Waals surface area contributed by atoms with Crippen LogP contribution in [0.2, 0.25) is 0 Å². The highest BCUT2D eigenvalue weighted by Crippen LogP contribution is 2.42. The molecule has 0 spiro atoms. The second-order valence-electron chi connectivity index (χ2n) is 13.0. The molecule has 0 bridgehead atoms. The SMILES string of the molecule is CC(C)c1c(C(=O)Nc2ccccc2)c(-c2ccccc2)c(-c2ccc(F)cc2)n1CC[C@@H](O)C[C@@H](O)CC(=O)OCc1ccc(CO[N+](=O)[O-])cc1. The van der Waals surface area contributed by atoms with Crippen LogP contribution in [0.4, 0.5) is 10.1 Å². The Hall–Kier alpha value is -5.85. The number of halogens is 1. The van der Waals surface area contributed by atoms with Gasteiger partial charge >= 0.3 is 5.97 Å². The second kappa shape index (κ2) is 18.1. The minimum Gasteiger partial charge on any atom is -0.461 e. The van der Waals surface area contributed by atoms with Gasteiger partial charge in [0.15, 0.2) is 0 Å². The third kappa shape index (κ3) is 10.4. The van der Waals surface area contributed by atoms with Gasteiger partial charge in [0, 0.05) is 23.5 Å². The molecule has 0 radical (unpaired) electrons. The fourth-order valence-electron chi connectivity index (χ4n) is 6.28. The number of carbonyl (C=O) groups excluding carboxylic acids is 2. The van der Waals surface area contributed by atoms with Crippen molar-refractivity contribution in [2.24, 2.45) is 0 Å². The highest BCUT2D eigenvalue weighted by atomic mass is 19.1. The fourth-order valence-corrected chi connectivity index (χ4v) is 6.28. The zero-order chi connectivity index (χ0) is 37.9. The van der Waals surface area contributed by atoms with Crippen molar-refractivity contribution in [3.05, 3.63) is 148 Å². The van der Waals surface area contributed by atoms with Gasteiger partial charge in [0.05, 0.1) is 29.9 Å². The molecule has 0 aliphatic heterocycles. The molecular weight excluding hydrogens is 681 g/mol. The molecule has 5 rings (SSSR count). The van der Waals surface area contributed by atoms with Crippen molar-refractivity contribution in [1.82, 2.24) is 4.57 Å². The van der Waals surface area contributed by atoms with E-state index in [0.717, 1.165) is 11.3 Å². The molecule has 276 valence electrons. The van der Waals surface area contributed by atoms with Gasteiger partial charge in [0.2, 0.25) is 0 Å². The van der Waals surface area contributed by atoms with Crippen LogP contribution in [0.5, 0.6) is 0 Å². The molecule has 1 amide bonds. The molecule has 1 aromatic heterocycles. The number of rotatable bonds is 17. The number of hydrogen-bond acceptors (Lipinski definition) is 8. The maximum atomic E-state index is 14.2. The first-order valence-corrected chi connectivity index (χ1v) is 17.3. The van der Waals surface area contributed by atoms with Gasteiger partial charge in [-0.05, 0) is 77.4 Å². The minimum absolute atomic E-state index is 0.0633. The lowest BCUT2D eigenvalue weighted by atomic mass is 9.94. The van der Waals surface area contributed by atoms with Crippen LogP contribution in [0.1, 0.15) is 66.2 Å². The average molecular weight is 724 g/mol. The summed E-state index contributed by atoms with van der Waals surface area (Å²) in [7, 11) is 0. The summed E-state index contributed by atoms with van der Waals surface area (Å²) in [6.07, 6.45) is -2.46. The number of carbonyl (C=O) groups is 2. The number of aliphatic hydroxyl groups excluding tert-OH is 2. The maximum Gasteiger partial charge on any atom is 0.308 e. The predicted molar refractivity (Wildman–Crippen MR) is 198 cm³/mol. The van der Waals surface area contributed by atoms with Gasteiger partial charge in [-0.15, -0.1) is 10.1 Å². The van der Waals surface area contributed by atoms with E-state index in [4.69, 9.17) is 4.74 Å². The van der Waals surface area contributed by atoms with Crippen LogP contribution in [0.25, 0.3) is 22.4 Å². The van der Waals surface area contributed by atoms with Crippen molar-refractivity contribution in [2.45, 2.75) is 71.0 Å². The summed E-state index contributed by atoms with van der Waals surface area (Å²) in [5.41, 5.74) is 5.88. The number of nitrogens with zero attached hydrogens (tertiary/aromatic N) is 2. The van der Waals surface area contributed by atoms with Crippen LogP contribution in [0, 0.1) is 15.9 Å². The Morgan fingerprint density at radius 2 is 1.43 bits per heavy atom. The van der Waals surface area contributed by atoms with Crippen molar-refractivity contribution >= 4 is 17.6 Å². The molecule has 0 fully saturated rings. The number of nitrogens with one attached hydrogen (secondary N) is 1. The molecule has 11 nitrogen and oxygen atoms in total. The van der Waals surface area contributed by atoms with Gasteiger partial charge in [0.1, 0.15) is 19.0 Å². The third-order valence-corrected chi connectivity index (χ3v) is 8.68. The molecule has 0 unspecified atom stereocenters. The Bertz CT molecular complexity index is 1980. The number of ether oxygens (including phenoxy) is 1. The van der Waals surface area contributed by atoms with Crippen LogP contribution >= 0.6 is 0 Å². The monoisotopic (exact) mass is 723 g/mol. The van der Waals surface area contributed by atoms with Crippen LogP contribution < -0.4 is 5.32 Å². The molecule has 2 atom stereocenters. The Labute approximate surface area is 306 Å². The molecule has 0 saturated carbocycles. The maximum absolute atomic E-state index is 14.2. The quantitative estimate of drug-likeness (QED) is 0.0502. The Morgan fingerprint density at radius 3 is 2.04 bits per heavy atom. The van der Waals surface area contributed by atoms with Gasteiger partial charge in [-0.1, -0.05) is 86.6 Å². The first-order chi connectivity index (χ1) is 25.5. The highest BCUT2D eigenvalue weighted by molar-refractivity contribution is 6.12. The molecule has 5 aromatic rings. The number of benzene rings is 4. The summed E-state index contributed by atoms with van der Waals surface area (Å²) in [5, 5.41) is 34.4. The summed E-state index contributed by atoms with van der Waals surface area (Å²) in [5.74, 6) is -1.51. The standard InChI is InChI=1S/C41H42FN3O8/c1-27(2)39-38(41(49)43-33-11-7-4-8-12-33)37(30-9-5-3-6-10-30)40(31-17-19-32(42)20-18-31)44(39)22-21-34(46)23-35(47)24-36(48)52-25-28-13-15-29(16-14-28)26-53-45(50)51/h3-20,27,34-35,46-47H,21-26H2,1-2H3,(H,43,49)/t34-,35-/m1/s1. The Morgan fingerprint density at radius 1 is 0.830 bits per heavy atom. The topological polar surface area (TPSA) is 153 Å². The summed E-state index contributed by atoms with van der Waals surface area (Å²) in [4.78, 5) is 41.5. The van der Waals surface area contributed by atoms with E-state index in [1.807, 2.05) is 79.1 Å². The summed E-state index contributed by atoms with van der Waals surface area (Å²) < 4.78 is 21.5. The smallest absolute Gasteiger partial charge is 0.308 e. The van der Waals surface area contributed by atoms with Crippen LogP contribution in [0.3, 0.4) is 0 Å². The van der Waals surface area contributed by atoms with E-state index in [0.29, 0.717) is 39.2 Å². The molecule has 4 aromatic carbocycles. The lowest BCUT2D eigenvalue weighted by Gasteiger charge is -2.20. The van der Waals surface area contributed by atoms with E-state index < -0.39 is 29.1 Å². The zero-order valence-corrected chi connectivity index (χ0v) is 29.5. The second-order valence-corrected chi connectivity index (χ2v) is 13.0. The normalized spacial score (nSPS) is 12.3. The van der Waals surface area contributed by atoms with Gasteiger partial charge in [-0.2, -0.15) is 0 Å². The molecule has 53 heavy (non-hydrogen) atoms. The third-order valence-electron chi connectivity index (χ3n) is 8.68. The summed E-state index contributed by atoms with van der Waals surface area (Å²) >= 11 is 0. The van der Waals surface area contributed by atoms with Crippen molar-refractivity contribution < 1.29 is 38.9 Å². The van der Waals surface area contributed by atoms with Crippen LogP contribution in [-0.2, 0) is 34.1 Å². The molecule has 0 aliphatic carbocycles. The van der Waals surface area contributed by atoms with E-state index in [1.54, 1.807) is 36.4 Å². The number of aromatic nitrogens is 1. The van der Waals surface area contributed by atoms with E-state index >= 15 is 0 Å². The number of para-hydroxylation sites is 1. The first-order valence-electron chi connectivity index (χ1n) is 17.3. The van der Waals surface area contributed by atoms with E-state index in [9.17, 15) is 34.3 Å². The van der Waals surface area contributed by atoms with Crippen molar-refractivity contribution in [2.75, 3.05) is 5.32 Å². The highest BCUT2D eigenvalue weighted by Gasteiger charge is 2.31. The van der Waals surface area contributed by atoms with Crippen LogP contribution in [0.15, 0.2) is 109 Å². The lowest BCUT2D eigenvalue weighted by Crippen LogP contribution is -2.23. The van der Waals surface area contributed by atoms with E-state index in [-0.39, 0.29) is 50.8 Å². The Kier molecular flexibility index (Phi) is 13.1. The minimum atomic E-state index is -1.18. The first kappa shape index (κ1) is 38.4. The molecule has 0 saturated heterocycles. The summed E-state index contributed by atoms with van der Waals surface area (Å²) in [6.45, 7) is 3.96. The number of aliphatic hydroxyl groups is 2. The molecule has 0 aliphatic rings. The van der Waals surface area contributed by atoms with Gasteiger partial charge in [-0.25, -0.2) is 4.39 Å². The molecular formula is C41H42FN3O8. The average Bonchev–Trinajstić information content (AvgIpc) is 3.49. The molecule has 1 heterocycles. The van der Waals surface area contributed by atoms with E-state index in [1.165, 1.54) is 12.1 Å². The van der Waals surface area contributed by atoms with Gasteiger partial charge in [0.25, 0.3) is 11.0 Å². The predicted octanol–water partition coefficient (Wildman–Crippen LogP) is 7.68. The lowest BCUT2D eigenvalue weighted by molar-refractivity contribution is -0.763. The molecule has 3 N–H and O–H groups in total. The number of amides is 1. The van der Waals surface area contributed by atoms with Crippen molar-refractivity contribution in [3.8, 4) is 22.4 Å². The number of hydrogen-bond donors (Lipinski definition) is 3. The fraction of sp³-hybridized carbons (Fsp3) is 0.268.